The summed E-state index contributed by atoms with van der Waals surface area (Å²) in [6, 6.07) is 19.7. The van der Waals surface area contributed by atoms with Crippen LogP contribution in [0.4, 0.5) is 0 Å². The third-order valence-electron chi connectivity index (χ3n) is 4.89. The third-order valence-corrected chi connectivity index (χ3v) is 6.75. The van der Waals surface area contributed by atoms with Crippen LogP contribution in [0.15, 0.2) is 89.2 Å². The lowest BCUT2D eigenvalue weighted by molar-refractivity contribution is -0.118. The molecule has 0 aliphatic heterocycles. The standard InChI is InChI=1S/C23H22N6O3S2/c24-34(31,32)20-10-8-17(9-11-20)12-14-26-21(30)16-33-23-28-27-22(18-5-4-13-25-15-18)29(23)19-6-2-1-3-7-19/h1-11,13,15H,12,14,16H2,(H,26,30)(H2,24,31,32). The fraction of sp³-hybridized carbons (Fsp3) is 0.130. The van der Waals surface area contributed by atoms with Crippen LogP contribution in [0.25, 0.3) is 17.1 Å². The summed E-state index contributed by atoms with van der Waals surface area (Å²) in [6.07, 6.45) is 3.98. The summed E-state index contributed by atoms with van der Waals surface area (Å²) >= 11 is 1.29. The van der Waals surface area contributed by atoms with Gasteiger partial charge in [0, 0.05) is 30.2 Å². The van der Waals surface area contributed by atoms with E-state index in [9.17, 15) is 13.2 Å². The van der Waals surface area contributed by atoms with Gasteiger partial charge >= 0.3 is 0 Å². The highest BCUT2D eigenvalue weighted by Gasteiger charge is 2.17. The van der Waals surface area contributed by atoms with Crippen LogP contribution in [-0.4, -0.2) is 46.4 Å². The lowest BCUT2D eigenvalue weighted by Gasteiger charge is -2.10. The summed E-state index contributed by atoms with van der Waals surface area (Å²) in [5.41, 5.74) is 2.60. The zero-order valence-electron chi connectivity index (χ0n) is 18.0. The van der Waals surface area contributed by atoms with Gasteiger partial charge in [0.2, 0.25) is 15.9 Å². The van der Waals surface area contributed by atoms with Crippen LogP contribution in [0, 0.1) is 0 Å². The molecule has 4 aromatic rings. The maximum absolute atomic E-state index is 12.4. The summed E-state index contributed by atoms with van der Waals surface area (Å²) in [5, 5.41) is 17.2. The monoisotopic (exact) mass is 494 g/mol. The first kappa shape index (κ1) is 23.6. The normalized spacial score (nSPS) is 11.3. The van der Waals surface area contributed by atoms with Crippen LogP contribution in [-0.2, 0) is 21.2 Å². The number of benzene rings is 2. The highest BCUT2D eigenvalue weighted by atomic mass is 32.2. The van der Waals surface area contributed by atoms with E-state index in [1.165, 1.54) is 23.9 Å². The van der Waals surface area contributed by atoms with Crippen LogP contribution in [0.5, 0.6) is 0 Å². The van der Waals surface area contributed by atoms with Gasteiger partial charge in [-0.3, -0.25) is 14.3 Å². The molecule has 0 bridgehead atoms. The number of carbonyl (C=O) groups is 1. The molecule has 11 heteroatoms. The van der Waals surface area contributed by atoms with E-state index in [-0.39, 0.29) is 16.6 Å². The number of hydrogen-bond donors (Lipinski definition) is 2. The van der Waals surface area contributed by atoms with Gasteiger partial charge in [-0.1, -0.05) is 42.1 Å². The molecule has 0 spiro atoms. The first-order valence-corrected chi connectivity index (χ1v) is 12.9. The number of sulfonamides is 1. The van der Waals surface area contributed by atoms with E-state index >= 15 is 0 Å². The third kappa shape index (κ3) is 5.87. The Bertz CT molecular complexity index is 1360. The minimum absolute atomic E-state index is 0.0601. The number of para-hydroxylation sites is 1. The smallest absolute Gasteiger partial charge is 0.238 e. The van der Waals surface area contributed by atoms with Gasteiger partial charge in [0.25, 0.3) is 0 Å². The second kappa shape index (κ2) is 10.6. The Morgan fingerprint density at radius 3 is 2.44 bits per heavy atom. The Hall–Kier alpha value is -3.54. The van der Waals surface area contributed by atoms with Crippen molar-refractivity contribution in [1.82, 2.24) is 25.1 Å². The summed E-state index contributed by atoms with van der Waals surface area (Å²) < 4.78 is 24.6. The van der Waals surface area contributed by atoms with E-state index in [4.69, 9.17) is 5.14 Å². The van der Waals surface area contributed by atoms with Crippen molar-refractivity contribution in [3.8, 4) is 17.1 Å². The fourth-order valence-electron chi connectivity index (χ4n) is 3.23. The van der Waals surface area contributed by atoms with Crippen molar-refractivity contribution >= 4 is 27.7 Å². The predicted molar refractivity (Wildman–Crippen MR) is 130 cm³/mol. The second-order valence-electron chi connectivity index (χ2n) is 7.30. The number of aromatic nitrogens is 4. The molecule has 2 aromatic heterocycles. The highest BCUT2D eigenvalue weighted by Crippen LogP contribution is 2.27. The van der Waals surface area contributed by atoms with Gasteiger partial charge in [0.15, 0.2) is 11.0 Å². The molecule has 0 aliphatic rings. The van der Waals surface area contributed by atoms with Crippen LogP contribution < -0.4 is 10.5 Å². The van der Waals surface area contributed by atoms with Crippen molar-refractivity contribution in [1.29, 1.82) is 0 Å². The molecule has 0 fully saturated rings. The Labute approximate surface area is 201 Å². The number of nitrogens with two attached hydrogens (primary N) is 1. The number of primary sulfonamides is 1. The van der Waals surface area contributed by atoms with E-state index in [0.29, 0.717) is 23.9 Å². The Balaban J connectivity index is 1.39. The number of nitrogens with one attached hydrogen (secondary N) is 1. The molecule has 34 heavy (non-hydrogen) atoms. The Morgan fingerprint density at radius 1 is 1.00 bits per heavy atom. The highest BCUT2D eigenvalue weighted by molar-refractivity contribution is 7.99. The fourth-order valence-corrected chi connectivity index (χ4v) is 4.53. The molecule has 0 saturated heterocycles. The number of carbonyl (C=O) groups excluding carboxylic acids is 1. The molecule has 0 unspecified atom stereocenters. The number of rotatable bonds is 9. The van der Waals surface area contributed by atoms with Crippen LogP contribution >= 0.6 is 11.8 Å². The van der Waals surface area contributed by atoms with E-state index < -0.39 is 10.0 Å². The van der Waals surface area contributed by atoms with Gasteiger partial charge in [-0.05, 0) is 48.4 Å². The van der Waals surface area contributed by atoms with Gasteiger partial charge in [0.1, 0.15) is 0 Å². The number of nitrogens with zero attached hydrogens (tertiary/aromatic N) is 4. The molecule has 1 amide bonds. The molecular weight excluding hydrogens is 472 g/mol. The minimum Gasteiger partial charge on any atom is -0.355 e. The quantitative estimate of drug-likeness (QED) is 0.341. The number of thioether (sulfide) groups is 1. The van der Waals surface area contributed by atoms with Gasteiger partial charge in [-0.25, -0.2) is 13.6 Å². The van der Waals surface area contributed by atoms with E-state index in [0.717, 1.165) is 16.8 Å². The van der Waals surface area contributed by atoms with Gasteiger partial charge < -0.3 is 5.32 Å². The summed E-state index contributed by atoms with van der Waals surface area (Å²) in [7, 11) is -3.72. The summed E-state index contributed by atoms with van der Waals surface area (Å²) in [4.78, 5) is 16.6. The first-order chi connectivity index (χ1) is 16.4. The molecule has 0 saturated carbocycles. The van der Waals surface area contributed by atoms with Gasteiger partial charge in [-0.15, -0.1) is 10.2 Å². The molecule has 9 nitrogen and oxygen atoms in total. The Morgan fingerprint density at radius 2 is 1.76 bits per heavy atom. The zero-order valence-corrected chi connectivity index (χ0v) is 19.7. The van der Waals surface area contributed by atoms with Gasteiger partial charge in [-0.2, -0.15) is 0 Å². The summed E-state index contributed by atoms with van der Waals surface area (Å²) in [5.74, 6) is 0.671. The van der Waals surface area contributed by atoms with Crippen LogP contribution in [0.3, 0.4) is 0 Å². The molecule has 3 N–H and O–H groups in total. The van der Waals surface area contributed by atoms with Crippen molar-refractivity contribution in [2.24, 2.45) is 5.14 Å². The number of hydrogen-bond acceptors (Lipinski definition) is 7. The maximum Gasteiger partial charge on any atom is 0.238 e. The number of amides is 1. The van der Waals surface area contributed by atoms with Crippen molar-refractivity contribution in [3.63, 3.8) is 0 Å². The van der Waals surface area contributed by atoms with Gasteiger partial charge in [0.05, 0.1) is 10.6 Å². The molecule has 0 aliphatic carbocycles. The lowest BCUT2D eigenvalue weighted by Crippen LogP contribution is -2.27. The van der Waals surface area contributed by atoms with Crippen molar-refractivity contribution in [2.75, 3.05) is 12.3 Å². The molecule has 2 aromatic carbocycles. The predicted octanol–water partition coefficient (Wildman–Crippen LogP) is 2.43. The average molecular weight is 495 g/mol. The maximum atomic E-state index is 12.4. The van der Waals surface area contributed by atoms with Crippen molar-refractivity contribution in [2.45, 2.75) is 16.5 Å². The molecule has 0 atom stereocenters. The van der Waals surface area contributed by atoms with Crippen molar-refractivity contribution < 1.29 is 13.2 Å². The molecule has 174 valence electrons. The second-order valence-corrected chi connectivity index (χ2v) is 9.80. The molecule has 4 rings (SSSR count). The van der Waals surface area contributed by atoms with E-state index in [1.54, 1.807) is 24.5 Å². The van der Waals surface area contributed by atoms with Crippen LogP contribution in [0.1, 0.15) is 5.56 Å². The number of pyridine rings is 1. The van der Waals surface area contributed by atoms with Crippen LogP contribution in [0.2, 0.25) is 0 Å². The lowest BCUT2D eigenvalue weighted by atomic mass is 10.1. The van der Waals surface area contributed by atoms with E-state index in [1.807, 2.05) is 47.0 Å². The van der Waals surface area contributed by atoms with E-state index in [2.05, 4.69) is 20.5 Å². The molecular formula is C23H22N6O3S2. The molecule has 2 heterocycles. The minimum atomic E-state index is -3.72. The Kier molecular flexibility index (Phi) is 7.36. The summed E-state index contributed by atoms with van der Waals surface area (Å²) in [6.45, 7) is 0.417. The topological polar surface area (TPSA) is 133 Å². The average Bonchev–Trinajstić information content (AvgIpc) is 3.28. The van der Waals surface area contributed by atoms with Crippen molar-refractivity contribution in [3.05, 3.63) is 84.7 Å². The first-order valence-electron chi connectivity index (χ1n) is 10.3. The molecule has 0 radical (unpaired) electrons. The zero-order chi connectivity index (χ0) is 24.0. The SMILES string of the molecule is NS(=O)(=O)c1ccc(CCNC(=O)CSc2nnc(-c3cccnc3)n2-c2ccccc2)cc1. The largest absolute Gasteiger partial charge is 0.355 e.